The topological polar surface area (TPSA) is 139 Å². The van der Waals surface area contributed by atoms with Crippen LogP contribution in [0.5, 0.6) is 5.75 Å². The lowest BCUT2D eigenvalue weighted by molar-refractivity contribution is 0.101. The van der Waals surface area contributed by atoms with E-state index in [1.54, 1.807) is 36.4 Å². The second-order valence-corrected chi connectivity index (χ2v) is 13.5. The molecular weight excluding hydrogens is 574 g/mol. The average molecular weight is 604 g/mol. The van der Waals surface area contributed by atoms with E-state index in [1.165, 1.54) is 24.6 Å². The summed E-state index contributed by atoms with van der Waals surface area (Å²) in [6.45, 7) is 5.95. The van der Waals surface area contributed by atoms with Crippen molar-refractivity contribution in [1.82, 2.24) is 9.97 Å². The van der Waals surface area contributed by atoms with Crippen molar-refractivity contribution in [3.05, 3.63) is 83.0 Å². The molecule has 0 saturated carbocycles. The molecule has 0 fully saturated rings. The van der Waals surface area contributed by atoms with Gasteiger partial charge in [0.05, 0.1) is 57.2 Å². The fraction of sp³-hybridized carbons (Fsp3) is 0.200. The van der Waals surface area contributed by atoms with E-state index >= 15 is 0 Å². The summed E-state index contributed by atoms with van der Waals surface area (Å²) in [5, 5.41) is 6.54. The first kappa shape index (κ1) is 29.0. The number of nitrogens with zero attached hydrogens (tertiary/aromatic N) is 2. The Morgan fingerprint density at radius 1 is 0.881 bits per heavy atom. The maximum absolute atomic E-state index is 13.5. The Labute approximate surface area is 247 Å². The average Bonchev–Trinajstić information content (AvgIpc) is 3.37. The summed E-state index contributed by atoms with van der Waals surface area (Å²) >= 11 is 1.21. The Morgan fingerprint density at radius 3 is 2.26 bits per heavy atom. The Kier molecular flexibility index (Phi) is 7.60. The van der Waals surface area contributed by atoms with Crippen LogP contribution in [-0.2, 0) is 15.4 Å². The Bertz CT molecular complexity index is 1960. The molecule has 5 rings (SSSR count). The smallest absolute Gasteiger partial charge is 0.275 e. The van der Waals surface area contributed by atoms with E-state index in [0.717, 1.165) is 17.2 Å². The molecule has 216 valence electrons. The first-order chi connectivity index (χ1) is 19.8. The minimum atomic E-state index is -3.62. The third-order valence-corrected chi connectivity index (χ3v) is 8.17. The highest BCUT2D eigenvalue weighted by atomic mass is 32.2. The molecule has 0 spiro atoms. The van der Waals surface area contributed by atoms with Crippen LogP contribution in [0.1, 0.15) is 46.5 Å². The number of hydrogen-bond donors (Lipinski definition) is 3. The number of hydrogen-bond acceptors (Lipinski definition) is 8. The minimum absolute atomic E-state index is 0.171. The summed E-state index contributed by atoms with van der Waals surface area (Å²) in [6, 6.07) is 17.9. The normalized spacial score (nSPS) is 11.8. The van der Waals surface area contributed by atoms with E-state index in [9.17, 15) is 18.0 Å². The summed E-state index contributed by atoms with van der Waals surface area (Å²) in [4.78, 5) is 35.6. The molecule has 0 radical (unpaired) electrons. The van der Waals surface area contributed by atoms with Crippen molar-refractivity contribution in [2.24, 2.45) is 0 Å². The number of para-hydroxylation sites is 2. The molecule has 0 aliphatic heterocycles. The predicted molar refractivity (Wildman–Crippen MR) is 167 cm³/mol. The first-order valence-electron chi connectivity index (χ1n) is 12.9. The van der Waals surface area contributed by atoms with E-state index in [1.807, 2.05) is 45.0 Å². The molecule has 2 amide bonds. The van der Waals surface area contributed by atoms with Crippen LogP contribution in [0.3, 0.4) is 0 Å². The highest BCUT2D eigenvalue weighted by Crippen LogP contribution is 2.40. The third kappa shape index (κ3) is 6.19. The quantitative estimate of drug-likeness (QED) is 0.206. The predicted octanol–water partition coefficient (Wildman–Crippen LogP) is 6.03. The number of methoxy groups -OCH3 is 1. The van der Waals surface area contributed by atoms with Gasteiger partial charge in [-0.05, 0) is 52.8 Å². The fourth-order valence-electron chi connectivity index (χ4n) is 4.36. The lowest BCUT2D eigenvalue weighted by Gasteiger charge is -2.23. The number of amides is 2. The lowest BCUT2D eigenvalue weighted by Crippen LogP contribution is -2.18. The van der Waals surface area contributed by atoms with E-state index in [2.05, 4.69) is 25.3 Å². The van der Waals surface area contributed by atoms with Crippen LogP contribution in [0.25, 0.3) is 21.1 Å². The number of aromatic nitrogens is 2. The zero-order valence-corrected chi connectivity index (χ0v) is 25.2. The summed E-state index contributed by atoms with van der Waals surface area (Å²) < 4.78 is 32.8. The third-order valence-electron chi connectivity index (χ3n) is 6.40. The van der Waals surface area contributed by atoms with E-state index in [-0.39, 0.29) is 22.5 Å². The number of benzene rings is 3. The largest absolute Gasteiger partial charge is 0.492 e. The minimum Gasteiger partial charge on any atom is -0.492 e. The van der Waals surface area contributed by atoms with Gasteiger partial charge in [-0.15, -0.1) is 11.3 Å². The molecular formula is C30H29N5O5S2. The van der Waals surface area contributed by atoms with Gasteiger partial charge in [0, 0.05) is 0 Å². The Hall–Kier alpha value is -4.55. The highest BCUT2D eigenvalue weighted by Gasteiger charge is 2.23. The van der Waals surface area contributed by atoms with Crippen LogP contribution in [0.2, 0.25) is 0 Å². The van der Waals surface area contributed by atoms with Gasteiger partial charge in [-0.3, -0.25) is 19.3 Å². The van der Waals surface area contributed by atoms with Gasteiger partial charge < -0.3 is 15.4 Å². The number of ether oxygens (including phenoxy) is 1. The monoisotopic (exact) mass is 603 g/mol. The van der Waals surface area contributed by atoms with Crippen molar-refractivity contribution in [3.8, 4) is 5.75 Å². The van der Waals surface area contributed by atoms with Crippen molar-refractivity contribution in [1.29, 1.82) is 0 Å². The van der Waals surface area contributed by atoms with Crippen molar-refractivity contribution in [2.75, 3.05) is 28.7 Å². The number of nitrogens with one attached hydrogen (secondary N) is 3. The molecule has 5 aromatic rings. The zero-order valence-electron chi connectivity index (χ0n) is 23.6. The van der Waals surface area contributed by atoms with Crippen LogP contribution in [-0.4, -0.2) is 43.6 Å². The second-order valence-electron chi connectivity index (χ2n) is 10.7. The van der Waals surface area contributed by atoms with Gasteiger partial charge in [-0.1, -0.05) is 45.0 Å². The summed E-state index contributed by atoms with van der Waals surface area (Å²) in [6.07, 6.45) is 2.48. The number of anilines is 3. The molecule has 0 atom stereocenters. The van der Waals surface area contributed by atoms with Crippen molar-refractivity contribution in [2.45, 2.75) is 26.2 Å². The molecule has 42 heavy (non-hydrogen) atoms. The van der Waals surface area contributed by atoms with E-state index in [4.69, 9.17) is 4.74 Å². The molecule has 10 nitrogen and oxygen atoms in total. The Balaban J connectivity index is 1.45. The van der Waals surface area contributed by atoms with Gasteiger partial charge in [0.1, 0.15) is 5.69 Å². The molecule has 3 aromatic carbocycles. The number of carbonyl (C=O) groups excluding carboxylic acids is 2. The second kappa shape index (κ2) is 11.0. The molecule has 12 heteroatoms. The molecule has 0 aliphatic carbocycles. The first-order valence-corrected chi connectivity index (χ1v) is 15.6. The molecule has 2 heterocycles. The number of carbonyl (C=O) groups is 2. The van der Waals surface area contributed by atoms with Gasteiger partial charge in [0.25, 0.3) is 11.8 Å². The number of sulfonamides is 1. The summed E-state index contributed by atoms with van der Waals surface area (Å²) in [5.74, 6) is -0.648. The van der Waals surface area contributed by atoms with Crippen LogP contribution in [0, 0.1) is 0 Å². The number of rotatable bonds is 7. The summed E-state index contributed by atoms with van der Waals surface area (Å²) in [5.41, 5.74) is 2.99. The molecule has 0 saturated heterocycles. The van der Waals surface area contributed by atoms with Crippen molar-refractivity contribution in [3.63, 3.8) is 0 Å². The molecule has 0 bridgehead atoms. The highest BCUT2D eigenvalue weighted by molar-refractivity contribution is 7.92. The molecule has 3 N–H and O–H groups in total. The van der Waals surface area contributed by atoms with Crippen molar-refractivity contribution >= 4 is 71.4 Å². The van der Waals surface area contributed by atoms with Gasteiger partial charge in [-0.25, -0.2) is 13.4 Å². The van der Waals surface area contributed by atoms with Crippen LogP contribution < -0.4 is 20.1 Å². The maximum atomic E-state index is 13.5. The maximum Gasteiger partial charge on any atom is 0.275 e. The fourth-order valence-corrected chi connectivity index (χ4v) is 5.93. The van der Waals surface area contributed by atoms with Crippen LogP contribution in [0.4, 0.5) is 17.1 Å². The lowest BCUT2D eigenvalue weighted by atomic mass is 9.86. The molecule has 0 aliphatic rings. The SMILES string of the molecule is COc1c(NC(=O)c2cc3cccc(NC(=O)c4cnc5ccccc5n4)c3s2)cc(C(C)(C)C)cc1NS(C)(=O)=O. The molecule has 2 aromatic heterocycles. The number of thiophene rings is 1. The Morgan fingerprint density at radius 2 is 1.57 bits per heavy atom. The van der Waals surface area contributed by atoms with E-state index in [0.29, 0.717) is 32.0 Å². The van der Waals surface area contributed by atoms with E-state index < -0.39 is 21.8 Å². The van der Waals surface area contributed by atoms with Gasteiger partial charge >= 0.3 is 0 Å². The van der Waals surface area contributed by atoms with Crippen LogP contribution >= 0.6 is 11.3 Å². The van der Waals surface area contributed by atoms with Gasteiger partial charge in [0.2, 0.25) is 10.0 Å². The van der Waals surface area contributed by atoms with Crippen LogP contribution in [0.15, 0.2) is 66.9 Å². The molecule has 0 unspecified atom stereocenters. The summed E-state index contributed by atoms with van der Waals surface area (Å²) in [7, 11) is -2.21. The van der Waals surface area contributed by atoms with Gasteiger partial charge in [-0.2, -0.15) is 0 Å². The van der Waals surface area contributed by atoms with Gasteiger partial charge in [0.15, 0.2) is 5.75 Å². The van der Waals surface area contributed by atoms with Crippen molar-refractivity contribution < 1.29 is 22.7 Å². The zero-order chi connectivity index (χ0) is 30.2. The number of fused-ring (bicyclic) bond motifs is 2. The standard InChI is InChI=1S/C30H29N5O5S2/c1-30(2,3)18-14-22(26(40-4)23(15-18)35-42(5,38)39)34-29(37)25-13-17-9-8-12-21(27(17)41-25)33-28(36)24-16-31-19-10-6-7-11-20(19)32-24/h6-16,35H,1-5H3,(H,33,36)(H,34,37).